The van der Waals surface area contributed by atoms with Gasteiger partial charge in [0.25, 0.3) is 0 Å². The number of hydrogen-bond donors (Lipinski definition) is 1. The van der Waals surface area contributed by atoms with E-state index >= 15 is 0 Å². The number of aromatic nitrogens is 1. The van der Waals surface area contributed by atoms with Crippen molar-refractivity contribution in [1.29, 1.82) is 0 Å². The van der Waals surface area contributed by atoms with E-state index in [2.05, 4.69) is 9.71 Å². The van der Waals surface area contributed by atoms with Gasteiger partial charge in [0.15, 0.2) is 0 Å². The van der Waals surface area contributed by atoms with E-state index in [4.69, 9.17) is 11.6 Å². The number of sulfonamides is 1. The first-order chi connectivity index (χ1) is 7.96. The van der Waals surface area contributed by atoms with Gasteiger partial charge in [0.05, 0.1) is 12.3 Å². The summed E-state index contributed by atoms with van der Waals surface area (Å²) in [4.78, 5) is 5.32. The Bertz CT molecular complexity index is 445. The van der Waals surface area contributed by atoms with Gasteiger partial charge in [0.1, 0.15) is 5.01 Å². The summed E-state index contributed by atoms with van der Waals surface area (Å²) in [7, 11) is -3.26. The van der Waals surface area contributed by atoms with Gasteiger partial charge in [0.2, 0.25) is 10.0 Å². The number of aryl methyl sites for hydroxylation is 1. The smallest absolute Gasteiger partial charge is 0.212 e. The van der Waals surface area contributed by atoms with Crippen molar-refractivity contribution in [2.24, 2.45) is 5.92 Å². The lowest BCUT2D eigenvalue weighted by atomic mass is 10.3. The highest BCUT2D eigenvalue weighted by atomic mass is 35.5. The van der Waals surface area contributed by atoms with Crippen LogP contribution >= 0.6 is 22.9 Å². The van der Waals surface area contributed by atoms with Crippen molar-refractivity contribution in [2.75, 3.05) is 11.6 Å². The molecule has 1 unspecified atom stereocenters. The third-order valence-electron chi connectivity index (χ3n) is 2.16. The Morgan fingerprint density at radius 1 is 1.59 bits per heavy atom. The number of rotatable bonds is 7. The summed E-state index contributed by atoms with van der Waals surface area (Å²) >= 11 is 7.13. The van der Waals surface area contributed by atoms with Crippen LogP contribution in [0, 0.1) is 5.92 Å². The van der Waals surface area contributed by atoms with Crippen molar-refractivity contribution in [3.8, 4) is 0 Å². The van der Waals surface area contributed by atoms with E-state index in [9.17, 15) is 8.42 Å². The monoisotopic (exact) mass is 296 g/mol. The molecule has 0 amide bonds. The second-order valence-corrected chi connectivity index (χ2v) is 7.30. The van der Waals surface area contributed by atoms with Crippen LogP contribution in [0.5, 0.6) is 0 Å². The molecule has 7 heteroatoms. The molecule has 0 aliphatic carbocycles. The number of hydrogen-bond acceptors (Lipinski definition) is 4. The van der Waals surface area contributed by atoms with E-state index in [-0.39, 0.29) is 18.2 Å². The van der Waals surface area contributed by atoms with Gasteiger partial charge in [-0.2, -0.15) is 0 Å². The van der Waals surface area contributed by atoms with Crippen LogP contribution in [0.3, 0.4) is 0 Å². The maximum absolute atomic E-state index is 11.7. The van der Waals surface area contributed by atoms with Crippen molar-refractivity contribution >= 4 is 33.0 Å². The van der Waals surface area contributed by atoms with Crippen molar-refractivity contribution in [2.45, 2.75) is 26.8 Å². The molecule has 17 heavy (non-hydrogen) atoms. The minimum atomic E-state index is -3.26. The Labute approximate surface area is 111 Å². The number of nitrogens with one attached hydrogen (secondary N) is 1. The molecule has 0 aliphatic rings. The summed E-state index contributed by atoms with van der Waals surface area (Å²) in [6.45, 7) is 4.12. The molecule has 0 aliphatic heterocycles. The maximum atomic E-state index is 11.7. The van der Waals surface area contributed by atoms with E-state index < -0.39 is 10.0 Å². The third-order valence-corrected chi connectivity index (χ3v) is 5.42. The average Bonchev–Trinajstić information content (AvgIpc) is 2.73. The lowest BCUT2D eigenvalue weighted by molar-refractivity contribution is 0.568. The molecule has 1 heterocycles. The molecule has 0 bridgehead atoms. The second-order valence-electron chi connectivity index (χ2n) is 3.94. The van der Waals surface area contributed by atoms with Gasteiger partial charge in [-0.15, -0.1) is 22.9 Å². The van der Waals surface area contributed by atoms with Crippen LogP contribution in [0.25, 0.3) is 0 Å². The van der Waals surface area contributed by atoms with Gasteiger partial charge in [-0.25, -0.2) is 18.1 Å². The number of thiazole rings is 1. The molecule has 1 rings (SSSR count). The molecule has 0 fully saturated rings. The molecule has 1 aromatic rings. The largest absolute Gasteiger partial charge is 0.248 e. The Balaban J connectivity index is 2.49. The molecule has 0 radical (unpaired) electrons. The van der Waals surface area contributed by atoms with Crippen molar-refractivity contribution in [3.63, 3.8) is 0 Å². The highest BCUT2D eigenvalue weighted by Gasteiger charge is 2.15. The summed E-state index contributed by atoms with van der Waals surface area (Å²) < 4.78 is 25.9. The predicted molar refractivity (Wildman–Crippen MR) is 72.0 cm³/mol. The molecular formula is C10H17ClN2O2S2. The first kappa shape index (κ1) is 14.9. The fraction of sp³-hybridized carbons (Fsp3) is 0.700. The topological polar surface area (TPSA) is 59.1 Å². The molecule has 1 aromatic heterocycles. The zero-order chi connectivity index (χ0) is 12.9. The van der Waals surface area contributed by atoms with Crippen LogP contribution in [0.4, 0.5) is 0 Å². The van der Waals surface area contributed by atoms with E-state index in [1.54, 1.807) is 6.20 Å². The summed E-state index contributed by atoms with van der Waals surface area (Å²) in [5, 5.41) is 0.795. The lowest BCUT2D eigenvalue weighted by Gasteiger charge is -2.08. The minimum absolute atomic E-state index is 0.0448. The predicted octanol–water partition coefficient (Wildman–Crippen LogP) is 2.00. The number of halogens is 1. The van der Waals surface area contributed by atoms with E-state index in [0.717, 1.165) is 16.3 Å². The van der Waals surface area contributed by atoms with Gasteiger partial charge in [-0.3, -0.25) is 0 Å². The van der Waals surface area contributed by atoms with Crippen LogP contribution in [-0.4, -0.2) is 25.0 Å². The standard InChI is InChI=1S/C10H17ClN2O2S2/c1-3-9-5-12-10(16-9)6-13-17(14,15)7-8(2)4-11/h5,8,13H,3-4,6-7H2,1-2H3. The number of alkyl halides is 1. The normalized spacial score (nSPS) is 13.8. The van der Waals surface area contributed by atoms with Gasteiger partial charge in [-0.1, -0.05) is 13.8 Å². The van der Waals surface area contributed by atoms with Crippen LogP contribution in [0.2, 0.25) is 0 Å². The Hall–Kier alpha value is -0.170. The zero-order valence-electron chi connectivity index (χ0n) is 9.94. The second kappa shape index (κ2) is 6.68. The summed E-state index contributed by atoms with van der Waals surface area (Å²) in [6, 6.07) is 0. The molecule has 0 saturated heterocycles. The summed E-state index contributed by atoms with van der Waals surface area (Å²) in [6.07, 6.45) is 2.71. The van der Waals surface area contributed by atoms with Gasteiger partial charge >= 0.3 is 0 Å². The van der Waals surface area contributed by atoms with Gasteiger partial charge in [0, 0.05) is 17.0 Å². The van der Waals surface area contributed by atoms with E-state index in [1.165, 1.54) is 11.3 Å². The SMILES string of the molecule is CCc1cnc(CNS(=O)(=O)CC(C)CCl)s1. The molecule has 4 nitrogen and oxygen atoms in total. The highest BCUT2D eigenvalue weighted by Crippen LogP contribution is 2.13. The Kier molecular flexibility index (Phi) is 5.85. The molecule has 1 atom stereocenters. The van der Waals surface area contributed by atoms with Crippen LogP contribution in [-0.2, 0) is 23.0 Å². The van der Waals surface area contributed by atoms with Crippen LogP contribution in [0.15, 0.2) is 6.20 Å². The minimum Gasteiger partial charge on any atom is -0.248 e. The Morgan fingerprint density at radius 3 is 2.82 bits per heavy atom. The molecule has 98 valence electrons. The van der Waals surface area contributed by atoms with E-state index in [1.807, 2.05) is 13.8 Å². The maximum Gasteiger partial charge on any atom is 0.212 e. The summed E-state index contributed by atoms with van der Waals surface area (Å²) in [5.74, 6) is 0.359. The molecule has 0 saturated carbocycles. The first-order valence-electron chi connectivity index (χ1n) is 5.43. The number of nitrogens with zero attached hydrogens (tertiary/aromatic N) is 1. The molecular weight excluding hydrogens is 280 g/mol. The fourth-order valence-corrected chi connectivity index (χ4v) is 3.72. The molecule has 0 aromatic carbocycles. The van der Waals surface area contributed by atoms with Crippen LogP contribution < -0.4 is 4.72 Å². The zero-order valence-corrected chi connectivity index (χ0v) is 12.3. The average molecular weight is 297 g/mol. The third kappa shape index (κ3) is 5.33. The van der Waals surface area contributed by atoms with E-state index in [0.29, 0.717) is 5.88 Å². The van der Waals surface area contributed by atoms with Gasteiger partial charge in [-0.05, 0) is 12.3 Å². The van der Waals surface area contributed by atoms with Crippen molar-refractivity contribution in [3.05, 3.63) is 16.1 Å². The summed E-state index contributed by atoms with van der Waals surface area (Å²) in [5.41, 5.74) is 0. The van der Waals surface area contributed by atoms with Crippen molar-refractivity contribution in [1.82, 2.24) is 9.71 Å². The van der Waals surface area contributed by atoms with Gasteiger partial charge < -0.3 is 0 Å². The Morgan fingerprint density at radius 2 is 2.29 bits per heavy atom. The quantitative estimate of drug-likeness (QED) is 0.783. The van der Waals surface area contributed by atoms with Crippen molar-refractivity contribution < 1.29 is 8.42 Å². The fourth-order valence-electron chi connectivity index (χ4n) is 1.24. The molecule has 0 spiro atoms. The first-order valence-corrected chi connectivity index (χ1v) is 8.44. The lowest BCUT2D eigenvalue weighted by Crippen LogP contribution is -2.29. The highest BCUT2D eigenvalue weighted by molar-refractivity contribution is 7.89. The molecule has 1 N–H and O–H groups in total. The van der Waals surface area contributed by atoms with Crippen LogP contribution in [0.1, 0.15) is 23.7 Å².